The highest BCUT2D eigenvalue weighted by Crippen LogP contribution is 2.32. The van der Waals surface area contributed by atoms with E-state index in [9.17, 15) is 9.18 Å². The van der Waals surface area contributed by atoms with E-state index in [4.69, 9.17) is 11.6 Å². The van der Waals surface area contributed by atoms with E-state index in [0.717, 1.165) is 11.3 Å². The van der Waals surface area contributed by atoms with E-state index in [-0.39, 0.29) is 5.91 Å². The van der Waals surface area contributed by atoms with Crippen molar-refractivity contribution in [3.63, 3.8) is 0 Å². The van der Waals surface area contributed by atoms with E-state index < -0.39 is 5.82 Å². The average molecular weight is 372 g/mol. The van der Waals surface area contributed by atoms with Gasteiger partial charge in [0.2, 0.25) is 5.91 Å². The molecular formula is C15H13BrClFN2O. The number of carbonyl (C=O) groups excluding carboxylic acids is 1. The predicted octanol–water partition coefficient (Wildman–Crippen LogP) is 4.81. The number of hydrogen-bond donors (Lipinski definition) is 2. The van der Waals surface area contributed by atoms with E-state index in [1.807, 2.05) is 24.3 Å². The monoisotopic (exact) mass is 370 g/mol. The number of benzene rings is 2. The van der Waals surface area contributed by atoms with Gasteiger partial charge in [-0.3, -0.25) is 4.79 Å². The van der Waals surface area contributed by atoms with Crippen molar-refractivity contribution < 1.29 is 9.18 Å². The van der Waals surface area contributed by atoms with Crippen LogP contribution in [-0.4, -0.2) is 5.91 Å². The van der Waals surface area contributed by atoms with Crippen LogP contribution in [0.5, 0.6) is 0 Å². The zero-order valence-electron chi connectivity index (χ0n) is 11.2. The Morgan fingerprint density at radius 3 is 2.52 bits per heavy atom. The summed E-state index contributed by atoms with van der Waals surface area (Å²) < 4.78 is 13.7. The minimum absolute atomic E-state index is 0.108. The van der Waals surface area contributed by atoms with Gasteiger partial charge >= 0.3 is 0 Å². The Hall–Kier alpha value is -1.59. The van der Waals surface area contributed by atoms with Gasteiger partial charge in [-0.25, -0.2) is 4.39 Å². The van der Waals surface area contributed by atoms with Gasteiger partial charge < -0.3 is 10.6 Å². The lowest BCUT2D eigenvalue weighted by Crippen LogP contribution is -2.06. The van der Waals surface area contributed by atoms with Crippen LogP contribution in [0.2, 0.25) is 5.02 Å². The Morgan fingerprint density at radius 2 is 1.95 bits per heavy atom. The molecule has 0 aliphatic rings. The van der Waals surface area contributed by atoms with Gasteiger partial charge in [0.1, 0.15) is 5.82 Å². The molecule has 0 aliphatic heterocycles. The molecule has 0 fully saturated rings. The van der Waals surface area contributed by atoms with Crippen molar-refractivity contribution in [3.05, 3.63) is 57.3 Å². The highest BCUT2D eigenvalue weighted by molar-refractivity contribution is 9.10. The Labute approximate surface area is 135 Å². The van der Waals surface area contributed by atoms with Crippen molar-refractivity contribution in [2.75, 3.05) is 10.6 Å². The molecule has 0 unspecified atom stereocenters. The van der Waals surface area contributed by atoms with E-state index in [0.29, 0.717) is 21.7 Å². The van der Waals surface area contributed by atoms with Crippen molar-refractivity contribution in [3.8, 4) is 0 Å². The van der Waals surface area contributed by atoms with Crippen molar-refractivity contribution in [2.24, 2.45) is 0 Å². The first-order valence-corrected chi connectivity index (χ1v) is 7.38. The first-order chi connectivity index (χ1) is 9.95. The third-order valence-corrected chi connectivity index (χ3v) is 3.67. The van der Waals surface area contributed by atoms with Gasteiger partial charge in [0.15, 0.2) is 0 Å². The van der Waals surface area contributed by atoms with Gasteiger partial charge in [0.05, 0.1) is 10.7 Å². The topological polar surface area (TPSA) is 41.1 Å². The fourth-order valence-corrected chi connectivity index (χ4v) is 2.77. The fourth-order valence-electron chi connectivity index (χ4n) is 1.81. The molecule has 0 heterocycles. The minimum atomic E-state index is -0.392. The summed E-state index contributed by atoms with van der Waals surface area (Å²) in [4.78, 5) is 10.9. The molecule has 21 heavy (non-hydrogen) atoms. The van der Waals surface area contributed by atoms with Gasteiger partial charge in [0, 0.05) is 23.6 Å². The van der Waals surface area contributed by atoms with Crippen LogP contribution >= 0.6 is 27.5 Å². The first kappa shape index (κ1) is 15.8. The maximum absolute atomic E-state index is 13.1. The van der Waals surface area contributed by atoms with Gasteiger partial charge in [-0.05, 0) is 45.8 Å². The summed E-state index contributed by atoms with van der Waals surface area (Å²) in [6.45, 7) is 1.99. The highest BCUT2D eigenvalue weighted by Gasteiger charge is 2.07. The molecule has 3 nitrogen and oxygen atoms in total. The molecule has 2 rings (SSSR count). The second kappa shape index (κ2) is 6.91. The van der Waals surface area contributed by atoms with Crippen LogP contribution in [0.4, 0.5) is 15.8 Å². The molecule has 0 spiro atoms. The molecule has 0 bridgehead atoms. The SMILES string of the molecule is CC(=O)Nc1ccc(CNc2c(Cl)cc(F)cc2Br)cc1. The minimum Gasteiger partial charge on any atom is -0.379 e. The molecular weight excluding hydrogens is 359 g/mol. The zero-order valence-corrected chi connectivity index (χ0v) is 13.6. The van der Waals surface area contributed by atoms with E-state index in [1.165, 1.54) is 19.1 Å². The molecule has 2 aromatic rings. The first-order valence-electron chi connectivity index (χ1n) is 6.20. The van der Waals surface area contributed by atoms with Crippen LogP contribution in [0.15, 0.2) is 40.9 Å². The Balaban J connectivity index is 2.05. The highest BCUT2D eigenvalue weighted by atomic mass is 79.9. The predicted molar refractivity (Wildman–Crippen MR) is 87.2 cm³/mol. The molecule has 2 aromatic carbocycles. The van der Waals surface area contributed by atoms with Crippen LogP contribution in [0, 0.1) is 5.82 Å². The maximum Gasteiger partial charge on any atom is 0.221 e. The fraction of sp³-hybridized carbons (Fsp3) is 0.133. The summed E-state index contributed by atoms with van der Waals surface area (Å²) in [5.41, 5.74) is 2.40. The molecule has 0 saturated carbocycles. The summed E-state index contributed by atoms with van der Waals surface area (Å²) in [7, 11) is 0. The van der Waals surface area contributed by atoms with Crippen LogP contribution < -0.4 is 10.6 Å². The third-order valence-electron chi connectivity index (χ3n) is 2.75. The molecule has 110 valence electrons. The van der Waals surface area contributed by atoms with Gasteiger partial charge in [-0.15, -0.1) is 0 Å². The van der Waals surface area contributed by atoms with Crippen molar-refractivity contribution in [1.82, 2.24) is 0 Å². The molecule has 1 amide bonds. The number of halogens is 3. The molecule has 0 atom stereocenters. The molecule has 0 radical (unpaired) electrons. The van der Waals surface area contributed by atoms with Gasteiger partial charge in [0.25, 0.3) is 0 Å². The number of anilines is 2. The lowest BCUT2D eigenvalue weighted by Gasteiger charge is -2.11. The summed E-state index contributed by atoms with van der Waals surface area (Å²) >= 11 is 9.28. The Morgan fingerprint density at radius 1 is 1.29 bits per heavy atom. The average Bonchev–Trinajstić information content (AvgIpc) is 2.38. The van der Waals surface area contributed by atoms with Crippen LogP contribution in [-0.2, 0) is 11.3 Å². The lowest BCUT2D eigenvalue weighted by atomic mass is 10.2. The molecule has 2 N–H and O–H groups in total. The van der Waals surface area contributed by atoms with E-state index in [1.54, 1.807) is 0 Å². The van der Waals surface area contributed by atoms with Crippen molar-refractivity contribution in [2.45, 2.75) is 13.5 Å². The number of rotatable bonds is 4. The summed E-state index contributed by atoms with van der Waals surface area (Å²) in [5.74, 6) is -0.500. The zero-order chi connectivity index (χ0) is 15.4. The van der Waals surface area contributed by atoms with Crippen LogP contribution in [0.3, 0.4) is 0 Å². The molecule has 0 aliphatic carbocycles. The largest absolute Gasteiger partial charge is 0.379 e. The van der Waals surface area contributed by atoms with Crippen molar-refractivity contribution >= 4 is 44.8 Å². The van der Waals surface area contributed by atoms with Crippen molar-refractivity contribution in [1.29, 1.82) is 0 Å². The number of amides is 1. The molecule has 0 aromatic heterocycles. The normalized spacial score (nSPS) is 10.3. The Bertz CT molecular complexity index is 638. The Kier molecular flexibility index (Phi) is 5.20. The maximum atomic E-state index is 13.1. The van der Waals surface area contributed by atoms with Gasteiger partial charge in [-0.2, -0.15) is 0 Å². The van der Waals surface area contributed by atoms with Gasteiger partial charge in [-0.1, -0.05) is 23.7 Å². The number of nitrogens with one attached hydrogen (secondary N) is 2. The summed E-state index contributed by atoms with van der Waals surface area (Å²) in [5, 5.41) is 6.17. The summed E-state index contributed by atoms with van der Waals surface area (Å²) in [6.07, 6.45) is 0. The number of carbonyl (C=O) groups is 1. The van der Waals surface area contributed by atoms with E-state index in [2.05, 4.69) is 26.6 Å². The molecule has 6 heteroatoms. The third kappa shape index (κ3) is 4.44. The lowest BCUT2D eigenvalue weighted by molar-refractivity contribution is -0.114. The molecule has 0 saturated heterocycles. The van der Waals surface area contributed by atoms with E-state index >= 15 is 0 Å². The van der Waals surface area contributed by atoms with Crippen LogP contribution in [0.1, 0.15) is 12.5 Å². The van der Waals surface area contributed by atoms with Crippen LogP contribution in [0.25, 0.3) is 0 Å². The second-order valence-electron chi connectivity index (χ2n) is 4.48. The standard InChI is InChI=1S/C15H13BrClFN2O/c1-9(21)20-12-4-2-10(3-5-12)8-19-15-13(16)6-11(18)7-14(15)17/h2-7,19H,8H2,1H3,(H,20,21). The second-order valence-corrected chi connectivity index (χ2v) is 5.74. The number of hydrogen-bond acceptors (Lipinski definition) is 2. The smallest absolute Gasteiger partial charge is 0.221 e. The quantitative estimate of drug-likeness (QED) is 0.809. The summed E-state index contributed by atoms with van der Waals surface area (Å²) in [6, 6.07) is 10.0.